The Hall–Kier alpha value is -3.47. The lowest BCUT2D eigenvalue weighted by Gasteiger charge is -2.06. The first-order valence-electron chi connectivity index (χ1n) is 7.87. The highest BCUT2D eigenvalue weighted by atomic mass is 16.3. The Kier molecular flexibility index (Phi) is 3.54. The lowest BCUT2D eigenvalue weighted by molar-refractivity contribution is 0.101. The van der Waals surface area contributed by atoms with Gasteiger partial charge in [-0.05, 0) is 37.3 Å². The summed E-state index contributed by atoms with van der Waals surface area (Å²) in [6, 6.07) is 18.1. The average molecular weight is 329 g/mol. The molecule has 0 aliphatic carbocycles. The van der Waals surface area contributed by atoms with Crippen LogP contribution in [-0.2, 0) is 0 Å². The van der Waals surface area contributed by atoms with Gasteiger partial charge in [0, 0.05) is 16.7 Å². The van der Waals surface area contributed by atoms with Crippen LogP contribution < -0.4 is 0 Å². The smallest absolute Gasteiger partial charge is 0.159 e. The molecule has 0 saturated carbocycles. The largest absolute Gasteiger partial charge is 0.508 e. The molecule has 2 heterocycles. The second-order valence-corrected chi connectivity index (χ2v) is 5.82. The van der Waals surface area contributed by atoms with Gasteiger partial charge in [-0.25, -0.2) is 9.50 Å². The lowest BCUT2D eigenvalue weighted by Crippen LogP contribution is -1.98. The molecule has 4 aromatic rings. The Morgan fingerprint density at radius 2 is 1.80 bits per heavy atom. The van der Waals surface area contributed by atoms with Crippen molar-refractivity contribution in [2.45, 2.75) is 6.92 Å². The van der Waals surface area contributed by atoms with E-state index in [4.69, 9.17) is 0 Å². The van der Waals surface area contributed by atoms with E-state index in [1.54, 1.807) is 41.9 Å². The van der Waals surface area contributed by atoms with Gasteiger partial charge in [0.2, 0.25) is 0 Å². The maximum absolute atomic E-state index is 11.6. The monoisotopic (exact) mass is 329 g/mol. The predicted molar refractivity (Wildman–Crippen MR) is 95.5 cm³/mol. The molecule has 0 spiro atoms. The molecule has 0 radical (unpaired) electrons. The van der Waals surface area contributed by atoms with Crippen LogP contribution in [0.4, 0.5) is 0 Å². The third kappa shape index (κ3) is 2.76. The van der Waals surface area contributed by atoms with Gasteiger partial charge in [0.1, 0.15) is 5.75 Å². The van der Waals surface area contributed by atoms with E-state index >= 15 is 0 Å². The van der Waals surface area contributed by atoms with E-state index in [1.807, 2.05) is 36.4 Å². The zero-order valence-corrected chi connectivity index (χ0v) is 13.5. The molecule has 1 N–H and O–H groups in total. The van der Waals surface area contributed by atoms with Crippen molar-refractivity contribution < 1.29 is 9.90 Å². The summed E-state index contributed by atoms with van der Waals surface area (Å²) >= 11 is 0. The fraction of sp³-hybridized carbons (Fsp3) is 0.0500. The number of hydrogen-bond acceptors (Lipinski definition) is 4. The first kappa shape index (κ1) is 15.1. The topological polar surface area (TPSA) is 67.5 Å². The van der Waals surface area contributed by atoms with Gasteiger partial charge in [0.05, 0.1) is 17.6 Å². The molecule has 122 valence electrons. The van der Waals surface area contributed by atoms with Crippen LogP contribution in [0.5, 0.6) is 5.75 Å². The van der Waals surface area contributed by atoms with Crippen LogP contribution in [0.1, 0.15) is 17.3 Å². The summed E-state index contributed by atoms with van der Waals surface area (Å²) in [5.74, 6) is 0.212. The highest BCUT2D eigenvalue weighted by molar-refractivity contribution is 5.95. The Morgan fingerprint density at radius 3 is 2.60 bits per heavy atom. The normalized spacial score (nSPS) is 10.9. The molecule has 0 bridgehead atoms. The van der Waals surface area contributed by atoms with Crippen molar-refractivity contribution in [2.75, 3.05) is 0 Å². The molecule has 5 heteroatoms. The minimum Gasteiger partial charge on any atom is -0.508 e. The average Bonchev–Trinajstić information content (AvgIpc) is 3.05. The van der Waals surface area contributed by atoms with E-state index < -0.39 is 0 Å². The van der Waals surface area contributed by atoms with E-state index in [9.17, 15) is 9.90 Å². The fourth-order valence-electron chi connectivity index (χ4n) is 2.79. The van der Waals surface area contributed by atoms with Crippen LogP contribution in [0, 0.1) is 0 Å². The molecular formula is C20H15N3O2. The molecule has 0 amide bonds. The van der Waals surface area contributed by atoms with Crippen LogP contribution in [0.25, 0.3) is 28.2 Å². The number of ketones is 1. The second-order valence-electron chi connectivity index (χ2n) is 5.82. The van der Waals surface area contributed by atoms with Gasteiger partial charge in [0.25, 0.3) is 0 Å². The van der Waals surface area contributed by atoms with E-state index in [2.05, 4.69) is 10.1 Å². The van der Waals surface area contributed by atoms with Gasteiger partial charge in [-0.1, -0.05) is 30.3 Å². The van der Waals surface area contributed by atoms with Crippen molar-refractivity contribution in [3.63, 3.8) is 0 Å². The predicted octanol–water partition coefficient (Wildman–Crippen LogP) is 3.97. The third-order valence-electron chi connectivity index (χ3n) is 4.07. The van der Waals surface area contributed by atoms with E-state index in [0.717, 1.165) is 22.5 Å². The number of phenols is 1. The number of phenolic OH excluding ortho intramolecular Hbond substituents is 1. The summed E-state index contributed by atoms with van der Waals surface area (Å²) < 4.78 is 1.75. The van der Waals surface area contributed by atoms with Crippen molar-refractivity contribution >= 4 is 11.4 Å². The van der Waals surface area contributed by atoms with Crippen molar-refractivity contribution in [2.24, 2.45) is 0 Å². The van der Waals surface area contributed by atoms with Crippen molar-refractivity contribution in [3.8, 4) is 28.3 Å². The van der Waals surface area contributed by atoms with Gasteiger partial charge in [-0.2, -0.15) is 5.10 Å². The highest BCUT2D eigenvalue weighted by Crippen LogP contribution is 2.25. The molecule has 2 aromatic carbocycles. The van der Waals surface area contributed by atoms with Crippen LogP contribution >= 0.6 is 0 Å². The molecular weight excluding hydrogens is 314 g/mol. The Morgan fingerprint density at radius 1 is 1.00 bits per heavy atom. The maximum Gasteiger partial charge on any atom is 0.159 e. The fourth-order valence-corrected chi connectivity index (χ4v) is 2.79. The number of carbonyl (C=O) groups excluding carboxylic acids is 1. The van der Waals surface area contributed by atoms with E-state index in [-0.39, 0.29) is 11.5 Å². The molecule has 2 aromatic heterocycles. The highest BCUT2D eigenvalue weighted by Gasteiger charge is 2.10. The van der Waals surface area contributed by atoms with Gasteiger partial charge in [-0.3, -0.25) is 4.79 Å². The van der Waals surface area contributed by atoms with Crippen LogP contribution in [0.2, 0.25) is 0 Å². The van der Waals surface area contributed by atoms with Gasteiger partial charge < -0.3 is 5.11 Å². The van der Waals surface area contributed by atoms with Gasteiger partial charge in [0.15, 0.2) is 11.4 Å². The molecule has 4 rings (SSSR count). The molecule has 0 aliphatic heterocycles. The number of aromatic hydroxyl groups is 1. The number of benzene rings is 2. The summed E-state index contributed by atoms with van der Waals surface area (Å²) in [5, 5.41) is 14.3. The summed E-state index contributed by atoms with van der Waals surface area (Å²) in [7, 11) is 0. The number of imidazole rings is 1. The Labute approximate surface area is 144 Å². The number of nitrogens with zero attached hydrogens (tertiary/aromatic N) is 3. The van der Waals surface area contributed by atoms with Crippen LogP contribution in [-0.4, -0.2) is 25.5 Å². The molecule has 0 fully saturated rings. The second kappa shape index (κ2) is 5.87. The Balaban J connectivity index is 1.87. The summed E-state index contributed by atoms with van der Waals surface area (Å²) in [5.41, 5.74) is 4.59. The number of hydrogen-bond donors (Lipinski definition) is 1. The number of aromatic nitrogens is 3. The van der Waals surface area contributed by atoms with Gasteiger partial charge >= 0.3 is 0 Å². The lowest BCUT2D eigenvalue weighted by atomic mass is 10.1. The SMILES string of the molecule is CC(=O)c1cccc(-c2cnc3ccc(-c4cccc(O)c4)nn23)c1. The van der Waals surface area contributed by atoms with Crippen LogP contribution in [0.3, 0.4) is 0 Å². The summed E-state index contributed by atoms with van der Waals surface area (Å²) in [4.78, 5) is 16.0. The first-order chi connectivity index (χ1) is 12.1. The van der Waals surface area contributed by atoms with Gasteiger partial charge in [-0.15, -0.1) is 0 Å². The Bertz CT molecular complexity index is 1100. The number of fused-ring (bicyclic) bond motifs is 1. The summed E-state index contributed by atoms with van der Waals surface area (Å²) in [6.45, 7) is 1.55. The molecule has 0 unspecified atom stereocenters. The molecule has 25 heavy (non-hydrogen) atoms. The van der Waals surface area contributed by atoms with E-state index in [0.29, 0.717) is 11.2 Å². The first-order valence-corrected chi connectivity index (χ1v) is 7.87. The standard InChI is InChI=1S/C20H15N3O2/c1-13(24)14-4-2-6-16(10-14)19-12-21-20-9-8-18(22-23(19)20)15-5-3-7-17(25)11-15/h2-12,25H,1H3. The number of rotatable bonds is 3. The van der Waals surface area contributed by atoms with E-state index in [1.165, 1.54) is 0 Å². The van der Waals surface area contributed by atoms with Crippen molar-refractivity contribution in [3.05, 3.63) is 72.4 Å². The quantitative estimate of drug-likeness (QED) is 0.578. The molecule has 0 saturated heterocycles. The zero-order chi connectivity index (χ0) is 17.4. The minimum atomic E-state index is 0.0177. The minimum absolute atomic E-state index is 0.0177. The molecule has 0 aliphatic rings. The number of Topliss-reactive ketones (excluding diaryl/α,β-unsaturated/α-hetero) is 1. The molecule has 5 nitrogen and oxygen atoms in total. The van der Waals surface area contributed by atoms with Crippen molar-refractivity contribution in [1.82, 2.24) is 14.6 Å². The van der Waals surface area contributed by atoms with Crippen LogP contribution in [0.15, 0.2) is 66.9 Å². The van der Waals surface area contributed by atoms with Crippen molar-refractivity contribution in [1.29, 1.82) is 0 Å². The number of carbonyl (C=O) groups is 1. The molecule has 0 atom stereocenters. The third-order valence-corrected chi connectivity index (χ3v) is 4.07. The maximum atomic E-state index is 11.6. The summed E-state index contributed by atoms with van der Waals surface area (Å²) in [6.07, 6.45) is 1.74. The zero-order valence-electron chi connectivity index (χ0n) is 13.5.